The number of nitriles is 1. The maximum atomic E-state index is 9.29. The highest BCUT2D eigenvalue weighted by Crippen LogP contribution is 2.28. The molecule has 31 heavy (non-hydrogen) atoms. The summed E-state index contributed by atoms with van der Waals surface area (Å²) in [7, 11) is 0. The molecule has 1 atom stereocenters. The largest absolute Gasteiger partial charge is 0.353 e. The third-order valence-electron chi connectivity index (χ3n) is 5.22. The molecule has 0 saturated carbocycles. The van der Waals surface area contributed by atoms with E-state index in [1.807, 2.05) is 37.3 Å². The third kappa shape index (κ3) is 5.53. The van der Waals surface area contributed by atoms with Crippen molar-refractivity contribution in [2.45, 2.75) is 32.7 Å². The SMILES string of the molecule is CCCN[C@H]1CCN(c2nc(Nc3ccc(C)c(C#N)c3)nc3cccnc23)C1.Cl.Cl. The van der Waals surface area contributed by atoms with Crippen molar-refractivity contribution in [2.24, 2.45) is 0 Å². The molecular weight excluding hydrogens is 433 g/mol. The average Bonchev–Trinajstić information content (AvgIpc) is 3.22. The fourth-order valence-corrected chi connectivity index (χ4v) is 3.65. The van der Waals surface area contributed by atoms with E-state index in [-0.39, 0.29) is 24.8 Å². The molecule has 2 aromatic heterocycles. The van der Waals surface area contributed by atoms with E-state index in [2.05, 4.69) is 38.5 Å². The van der Waals surface area contributed by atoms with Gasteiger partial charge in [-0.25, -0.2) is 4.98 Å². The first-order valence-corrected chi connectivity index (χ1v) is 10.1. The first-order valence-electron chi connectivity index (χ1n) is 10.1. The van der Waals surface area contributed by atoms with Crippen LogP contribution in [0, 0.1) is 18.3 Å². The summed E-state index contributed by atoms with van der Waals surface area (Å²) in [4.78, 5) is 16.3. The summed E-state index contributed by atoms with van der Waals surface area (Å²) in [5, 5.41) is 16.2. The van der Waals surface area contributed by atoms with E-state index in [1.165, 1.54) is 0 Å². The topological polar surface area (TPSA) is 89.8 Å². The first-order chi connectivity index (χ1) is 14.2. The van der Waals surface area contributed by atoms with E-state index >= 15 is 0 Å². The molecule has 7 nitrogen and oxygen atoms in total. The van der Waals surface area contributed by atoms with Gasteiger partial charge in [-0.2, -0.15) is 10.2 Å². The average molecular weight is 460 g/mol. The van der Waals surface area contributed by atoms with Crippen molar-refractivity contribution in [1.82, 2.24) is 20.3 Å². The Kier molecular flexibility index (Phi) is 8.81. The summed E-state index contributed by atoms with van der Waals surface area (Å²) < 4.78 is 0. The molecule has 9 heteroatoms. The fraction of sp³-hybridized carbons (Fsp3) is 0.364. The van der Waals surface area contributed by atoms with E-state index in [0.29, 0.717) is 17.6 Å². The number of aryl methyl sites for hydroxylation is 1. The first kappa shape index (κ1) is 24.6. The number of rotatable bonds is 6. The fourth-order valence-electron chi connectivity index (χ4n) is 3.65. The van der Waals surface area contributed by atoms with Gasteiger partial charge in [0.15, 0.2) is 5.82 Å². The summed E-state index contributed by atoms with van der Waals surface area (Å²) in [6, 6.07) is 12.2. The zero-order chi connectivity index (χ0) is 20.2. The molecule has 1 saturated heterocycles. The van der Waals surface area contributed by atoms with Crippen molar-refractivity contribution in [1.29, 1.82) is 5.26 Å². The van der Waals surface area contributed by atoms with Crippen molar-refractivity contribution in [3.8, 4) is 6.07 Å². The monoisotopic (exact) mass is 459 g/mol. The van der Waals surface area contributed by atoms with Gasteiger partial charge in [0.05, 0.1) is 17.1 Å². The molecule has 0 amide bonds. The van der Waals surface area contributed by atoms with Gasteiger partial charge in [0.25, 0.3) is 0 Å². The molecule has 3 heterocycles. The van der Waals surface area contributed by atoms with E-state index in [4.69, 9.17) is 4.98 Å². The number of aromatic nitrogens is 3. The molecule has 1 aliphatic heterocycles. The van der Waals surface area contributed by atoms with Crippen molar-refractivity contribution < 1.29 is 0 Å². The molecule has 1 fully saturated rings. The molecule has 0 spiro atoms. The Morgan fingerprint density at radius 2 is 2.06 bits per heavy atom. The summed E-state index contributed by atoms with van der Waals surface area (Å²) in [6.07, 6.45) is 4.00. The van der Waals surface area contributed by atoms with Crippen LogP contribution in [0.1, 0.15) is 30.9 Å². The highest BCUT2D eigenvalue weighted by atomic mass is 35.5. The predicted octanol–water partition coefficient (Wildman–Crippen LogP) is 4.37. The molecular formula is C22H27Cl2N7. The van der Waals surface area contributed by atoms with Gasteiger partial charge in [-0.05, 0) is 56.1 Å². The summed E-state index contributed by atoms with van der Waals surface area (Å²) in [5.41, 5.74) is 4.01. The third-order valence-corrected chi connectivity index (χ3v) is 5.22. The molecule has 1 aromatic carbocycles. The highest BCUT2D eigenvalue weighted by Gasteiger charge is 2.25. The lowest BCUT2D eigenvalue weighted by molar-refractivity contribution is 0.549. The quantitative estimate of drug-likeness (QED) is 0.565. The van der Waals surface area contributed by atoms with Crippen LogP contribution < -0.4 is 15.5 Å². The molecule has 0 aliphatic carbocycles. The zero-order valence-corrected chi connectivity index (χ0v) is 19.3. The number of nitrogens with zero attached hydrogens (tertiary/aromatic N) is 5. The van der Waals surface area contributed by atoms with Crippen LogP contribution in [-0.4, -0.2) is 40.6 Å². The van der Waals surface area contributed by atoms with Crippen LogP contribution in [0.5, 0.6) is 0 Å². The minimum Gasteiger partial charge on any atom is -0.353 e. The number of benzene rings is 1. The van der Waals surface area contributed by atoms with Gasteiger partial charge < -0.3 is 15.5 Å². The summed E-state index contributed by atoms with van der Waals surface area (Å²) >= 11 is 0. The number of anilines is 3. The van der Waals surface area contributed by atoms with Crippen LogP contribution in [0.25, 0.3) is 11.0 Å². The van der Waals surface area contributed by atoms with E-state index in [0.717, 1.165) is 60.6 Å². The van der Waals surface area contributed by atoms with Gasteiger partial charge in [-0.15, -0.1) is 24.8 Å². The molecule has 0 unspecified atom stereocenters. The maximum Gasteiger partial charge on any atom is 0.229 e. The lowest BCUT2D eigenvalue weighted by atomic mass is 10.1. The number of hydrogen-bond acceptors (Lipinski definition) is 7. The molecule has 164 valence electrons. The number of halogens is 2. The Morgan fingerprint density at radius 1 is 1.23 bits per heavy atom. The van der Waals surface area contributed by atoms with Crippen molar-refractivity contribution in [3.05, 3.63) is 47.7 Å². The minimum absolute atomic E-state index is 0. The van der Waals surface area contributed by atoms with Crippen LogP contribution >= 0.6 is 24.8 Å². The number of hydrogen-bond donors (Lipinski definition) is 2. The Morgan fingerprint density at radius 3 is 2.84 bits per heavy atom. The molecule has 0 bridgehead atoms. The summed E-state index contributed by atoms with van der Waals surface area (Å²) in [5.74, 6) is 1.37. The van der Waals surface area contributed by atoms with Crippen LogP contribution in [0.2, 0.25) is 0 Å². The molecule has 2 N–H and O–H groups in total. The van der Waals surface area contributed by atoms with Gasteiger partial charge in [-0.1, -0.05) is 13.0 Å². The van der Waals surface area contributed by atoms with E-state index in [1.54, 1.807) is 6.20 Å². The Hall–Kier alpha value is -2.66. The molecule has 4 rings (SSSR count). The lowest BCUT2D eigenvalue weighted by Gasteiger charge is -2.20. The Balaban J connectivity index is 0.00000171. The second kappa shape index (κ2) is 11.1. The number of nitrogens with one attached hydrogen (secondary N) is 2. The lowest BCUT2D eigenvalue weighted by Crippen LogP contribution is -2.33. The second-order valence-electron chi connectivity index (χ2n) is 7.39. The smallest absolute Gasteiger partial charge is 0.229 e. The second-order valence-corrected chi connectivity index (χ2v) is 7.39. The highest BCUT2D eigenvalue weighted by molar-refractivity contribution is 5.87. The van der Waals surface area contributed by atoms with Crippen molar-refractivity contribution >= 4 is 53.3 Å². The predicted molar refractivity (Wildman–Crippen MR) is 130 cm³/mol. The van der Waals surface area contributed by atoms with Gasteiger partial charge in [0, 0.05) is 31.0 Å². The summed E-state index contributed by atoms with van der Waals surface area (Å²) in [6.45, 7) is 6.98. The van der Waals surface area contributed by atoms with Gasteiger partial charge >= 0.3 is 0 Å². The Bertz CT molecular complexity index is 1070. The van der Waals surface area contributed by atoms with Crippen molar-refractivity contribution in [2.75, 3.05) is 29.9 Å². The van der Waals surface area contributed by atoms with Crippen LogP contribution in [0.3, 0.4) is 0 Å². The molecule has 0 radical (unpaired) electrons. The van der Waals surface area contributed by atoms with E-state index < -0.39 is 0 Å². The van der Waals surface area contributed by atoms with Crippen LogP contribution in [-0.2, 0) is 0 Å². The van der Waals surface area contributed by atoms with E-state index in [9.17, 15) is 5.26 Å². The van der Waals surface area contributed by atoms with Crippen LogP contribution in [0.4, 0.5) is 17.5 Å². The number of fused-ring (bicyclic) bond motifs is 1. The van der Waals surface area contributed by atoms with Crippen LogP contribution in [0.15, 0.2) is 36.5 Å². The maximum absolute atomic E-state index is 9.29. The zero-order valence-electron chi connectivity index (χ0n) is 17.6. The molecule has 1 aliphatic rings. The van der Waals surface area contributed by atoms with Gasteiger partial charge in [0.2, 0.25) is 5.95 Å². The Labute approximate surface area is 195 Å². The normalized spacial score (nSPS) is 15.1. The van der Waals surface area contributed by atoms with Gasteiger partial charge in [0.1, 0.15) is 5.52 Å². The minimum atomic E-state index is 0. The standard InChI is InChI=1S/C22H25N7.2ClH/c1-3-9-24-18-8-11-29(14-18)21-20-19(5-4-10-25-20)27-22(28-21)26-17-7-6-15(2)16(12-17)13-23;;/h4-7,10,12,18,24H,3,8-9,11,14H2,1-2H3,(H,26,27,28);2*1H/t18-;;/m0../s1. The number of pyridine rings is 1. The molecule has 3 aromatic rings. The van der Waals surface area contributed by atoms with Crippen molar-refractivity contribution in [3.63, 3.8) is 0 Å². The van der Waals surface area contributed by atoms with Gasteiger partial charge in [-0.3, -0.25) is 4.98 Å².